The van der Waals surface area contributed by atoms with Crippen LogP contribution in [0, 0.1) is 0 Å². The molecule has 0 aliphatic rings. The van der Waals surface area contributed by atoms with E-state index in [4.69, 9.17) is 11.6 Å². The summed E-state index contributed by atoms with van der Waals surface area (Å²) in [6.45, 7) is 2.26. The van der Waals surface area contributed by atoms with E-state index in [1.807, 2.05) is 12.1 Å². The SMILES string of the molecule is CCCCCCCC(Cc1cccc(Cl)c1)NC. The van der Waals surface area contributed by atoms with Crippen molar-refractivity contribution in [3.8, 4) is 0 Å². The average Bonchev–Trinajstić information content (AvgIpc) is 2.37. The van der Waals surface area contributed by atoms with Crippen molar-refractivity contribution in [2.24, 2.45) is 0 Å². The van der Waals surface area contributed by atoms with Crippen LogP contribution in [-0.2, 0) is 6.42 Å². The maximum absolute atomic E-state index is 6.01. The summed E-state index contributed by atoms with van der Waals surface area (Å²) in [6.07, 6.45) is 9.09. The Bertz CT molecular complexity index is 325. The molecule has 0 aromatic heterocycles. The molecule has 1 atom stereocenters. The van der Waals surface area contributed by atoms with Gasteiger partial charge in [0.25, 0.3) is 0 Å². The van der Waals surface area contributed by atoms with Gasteiger partial charge in [0.05, 0.1) is 0 Å². The Morgan fingerprint density at radius 2 is 1.94 bits per heavy atom. The van der Waals surface area contributed by atoms with E-state index in [1.54, 1.807) is 0 Å². The van der Waals surface area contributed by atoms with Crippen LogP contribution in [0.5, 0.6) is 0 Å². The minimum absolute atomic E-state index is 0.574. The summed E-state index contributed by atoms with van der Waals surface area (Å²) in [7, 11) is 2.06. The van der Waals surface area contributed by atoms with E-state index in [0.29, 0.717) is 6.04 Å². The highest BCUT2D eigenvalue weighted by atomic mass is 35.5. The monoisotopic (exact) mass is 267 g/mol. The van der Waals surface area contributed by atoms with Crippen molar-refractivity contribution in [2.45, 2.75) is 57.9 Å². The van der Waals surface area contributed by atoms with Crippen LogP contribution in [0.2, 0.25) is 5.02 Å². The highest BCUT2D eigenvalue weighted by Crippen LogP contribution is 2.15. The van der Waals surface area contributed by atoms with Crippen LogP contribution in [0.1, 0.15) is 51.0 Å². The lowest BCUT2D eigenvalue weighted by atomic mass is 10.00. The summed E-state index contributed by atoms with van der Waals surface area (Å²) >= 11 is 6.01. The van der Waals surface area contributed by atoms with E-state index < -0.39 is 0 Å². The number of hydrogen-bond donors (Lipinski definition) is 1. The Kier molecular flexibility index (Phi) is 8.11. The highest BCUT2D eigenvalue weighted by molar-refractivity contribution is 6.30. The smallest absolute Gasteiger partial charge is 0.0408 e. The maximum Gasteiger partial charge on any atom is 0.0408 e. The topological polar surface area (TPSA) is 12.0 Å². The van der Waals surface area contributed by atoms with Crippen molar-refractivity contribution < 1.29 is 0 Å². The first-order valence-electron chi connectivity index (χ1n) is 7.18. The summed E-state index contributed by atoms with van der Waals surface area (Å²) in [5.41, 5.74) is 1.33. The second-order valence-corrected chi connectivity index (χ2v) is 5.46. The first kappa shape index (κ1) is 15.5. The number of rotatable bonds is 9. The molecule has 1 aromatic carbocycles. The van der Waals surface area contributed by atoms with E-state index in [1.165, 1.54) is 44.1 Å². The third-order valence-corrected chi connectivity index (χ3v) is 3.67. The maximum atomic E-state index is 6.01. The second kappa shape index (κ2) is 9.41. The number of halogens is 1. The van der Waals surface area contributed by atoms with Gasteiger partial charge in [0.15, 0.2) is 0 Å². The molecule has 0 amide bonds. The summed E-state index contributed by atoms with van der Waals surface area (Å²) in [5.74, 6) is 0. The minimum Gasteiger partial charge on any atom is -0.317 e. The normalized spacial score (nSPS) is 12.6. The molecule has 0 radical (unpaired) electrons. The third-order valence-electron chi connectivity index (χ3n) is 3.44. The van der Waals surface area contributed by atoms with Crippen molar-refractivity contribution in [1.82, 2.24) is 5.32 Å². The van der Waals surface area contributed by atoms with E-state index in [-0.39, 0.29) is 0 Å². The van der Waals surface area contributed by atoms with Gasteiger partial charge in [-0.3, -0.25) is 0 Å². The molecular formula is C16H26ClN. The molecule has 1 rings (SSSR count). The Hall–Kier alpha value is -0.530. The lowest BCUT2D eigenvalue weighted by Crippen LogP contribution is -2.27. The lowest BCUT2D eigenvalue weighted by molar-refractivity contribution is 0.482. The largest absolute Gasteiger partial charge is 0.317 e. The standard InChI is InChI=1S/C16H26ClN/c1-3-4-5-6-7-11-16(18-2)13-14-9-8-10-15(17)12-14/h8-10,12,16,18H,3-7,11,13H2,1-2H3. The van der Waals surface area contributed by atoms with Gasteiger partial charge in [0.1, 0.15) is 0 Å². The zero-order valence-corrected chi connectivity index (χ0v) is 12.5. The second-order valence-electron chi connectivity index (χ2n) is 5.02. The highest BCUT2D eigenvalue weighted by Gasteiger charge is 2.07. The summed E-state index contributed by atoms with van der Waals surface area (Å²) < 4.78 is 0. The van der Waals surface area contributed by atoms with Crippen molar-refractivity contribution in [1.29, 1.82) is 0 Å². The fraction of sp³-hybridized carbons (Fsp3) is 0.625. The van der Waals surface area contributed by atoms with Crippen LogP contribution in [0.4, 0.5) is 0 Å². The lowest BCUT2D eigenvalue weighted by Gasteiger charge is -2.16. The zero-order chi connectivity index (χ0) is 13.2. The van der Waals surface area contributed by atoms with Gasteiger partial charge in [0.2, 0.25) is 0 Å². The van der Waals surface area contributed by atoms with Crippen molar-refractivity contribution >= 4 is 11.6 Å². The first-order valence-corrected chi connectivity index (χ1v) is 7.55. The summed E-state index contributed by atoms with van der Waals surface area (Å²) in [4.78, 5) is 0. The number of benzene rings is 1. The number of nitrogens with one attached hydrogen (secondary N) is 1. The molecule has 18 heavy (non-hydrogen) atoms. The minimum atomic E-state index is 0.574. The van der Waals surface area contributed by atoms with E-state index >= 15 is 0 Å². The van der Waals surface area contributed by atoms with Gasteiger partial charge < -0.3 is 5.32 Å². The Labute approximate surface area is 117 Å². The molecule has 1 aromatic rings. The van der Waals surface area contributed by atoms with Crippen LogP contribution in [0.15, 0.2) is 24.3 Å². The van der Waals surface area contributed by atoms with Gasteiger partial charge in [-0.25, -0.2) is 0 Å². The molecule has 0 bridgehead atoms. The fourth-order valence-electron chi connectivity index (χ4n) is 2.29. The molecular weight excluding hydrogens is 242 g/mol. The van der Waals surface area contributed by atoms with Gasteiger partial charge in [-0.1, -0.05) is 62.8 Å². The summed E-state index contributed by atoms with van der Waals surface area (Å²) in [5, 5.41) is 4.26. The average molecular weight is 268 g/mol. The van der Waals surface area contributed by atoms with E-state index in [2.05, 4.69) is 31.4 Å². The quantitative estimate of drug-likeness (QED) is 0.632. The van der Waals surface area contributed by atoms with Crippen LogP contribution in [-0.4, -0.2) is 13.1 Å². The van der Waals surface area contributed by atoms with Gasteiger partial charge in [-0.2, -0.15) is 0 Å². The van der Waals surface area contributed by atoms with E-state index in [9.17, 15) is 0 Å². The van der Waals surface area contributed by atoms with Crippen LogP contribution < -0.4 is 5.32 Å². The zero-order valence-electron chi connectivity index (χ0n) is 11.7. The van der Waals surface area contributed by atoms with E-state index in [0.717, 1.165) is 11.4 Å². The Morgan fingerprint density at radius 1 is 1.17 bits per heavy atom. The molecule has 0 aliphatic heterocycles. The molecule has 0 saturated carbocycles. The molecule has 0 spiro atoms. The molecule has 0 fully saturated rings. The summed E-state index contributed by atoms with van der Waals surface area (Å²) in [6, 6.07) is 8.77. The van der Waals surface area contributed by atoms with Gasteiger partial charge in [-0.15, -0.1) is 0 Å². The third kappa shape index (κ3) is 6.42. The number of unbranched alkanes of at least 4 members (excludes halogenated alkanes) is 4. The van der Waals surface area contributed by atoms with Gasteiger partial charge >= 0.3 is 0 Å². The molecule has 1 unspecified atom stereocenters. The molecule has 0 heterocycles. The molecule has 2 heteroatoms. The van der Waals surface area contributed by atoms with Crippen molar-refractivity contribution in [2.75, 3.05) is 7.05 Å². The Morgan fingerprint density at radius 3 is 2.61 bits per heavy atom. The Balaban J connectivity index is 2.28. The van der Waals surface area contributed by atoms with Crippen molar-refractivity contribution in [3.63, 3.8) is 0 Å². The van der Waals surface area contributed by atoms with Crippen LogP contribution in [0.3, 0.4) is 0 Å². The molecule has 1 N–H and O–H groups in total. The number of likely N-dealkylation sites (N-methyl/N-ethyl adjacent to an activating group) is 1. The first-order chi connectivity index (χ1) is 8.76. The molecule has 0 saturated heterocycles. The predicted octanol–water partition coefficient (Wildman–Crippen LogP) is 4.83. The van der Waals surface area contributed by atoms with Gasteiger partial charge in [0, 0.05) is 11.1 Å². The molecule has 1 nitrogen and oxygen atoms in total. The molecule has 102 valence electrons. The van der Waals surface area contributed by atoms with Crippen LogP contribution >= 0.6 is 11.6 Å². The fourth-order valence-corrected chi connectivity index (χ4v) is 2.50. The molecule has 0 aliphatic carbocycles. The van der Waals surface area contributed by atoms with Crippen molar-refractivity contribution in [3.05, 3.63) is 34.9 Å². The van der Waals surface area contributed by atoms with Crippen LogP contribution in [0.25, 0.3) is 0 Å². The predicted molar refractivity (Wildman–Crippen MR) is 81.4 cm³/mol. The number of hydrogen-bond acceptors (Lipinski definition) is 1. The van der Waals surface area contributed by atoms with Gasteiger partial charge in [-0.05, 0) is 37.6 Å².